The molecule has 1 aliphatic heterocycles. The lowest BCUT2D eigenvalue weighted by Crippen LogP contribution is -2.15. The van der Waals surface area contributed by atoms with Crippen molar-refractivity contribution in [2.24, 2.45) is 5.92 Å². The molecule has 1 heterocycles. The van der Waals surface area contributed by atoms with E-state index in [0.717, 1.165) is 19.3 Å². The molecule has 3 heteroatoms. The van der Waals surface area contributed by atoms with Gasteiger partial charge in [0.15, 0.2) is 0 Å². The summed E-state index contributed by atoms with van der Waals surface area (Å²) in [6.07, 6.45) is 4.90. The first kappa shape index (κ1) is 11.2. The number of cyclic esters (lactones) is 1. The standard InChI is InChI=1S/C11H18O3/c1-3-4-5-6-9-7-10(8(2)12)11(13)14-9/h9-10H,3-7H2,1-2H3. The first-order valence-electron chi connectivity index (χ1n) is 5.36. The van der Waals surface area contributed by atoms with Gasteiger partial charge in [0.05, 0.1) is 0 Å². The van der Waals surface area contributed by atoms with E-state index in [4.69, 9.17) is 4.74 Å². The van der Waals surface area contributed by atoms with Crippen molar-refractivity contribution >= 4 is 11.8 Å². The average molecular weight is 198 g/mol. The molecule has 14 heavy (non-hydrogen) atoms. The average Bonchev–Trinajstić information content (AvgIpc) is 2.47. The number of unbranched alkanes of at least 4 members (excludes halogenated alkanes) is 2. The van der Waals surface area contributed by atoms with E-state index in [1.807, 2.05) is 0 Å². The zero-order valence-electron chi connectivity index (χ0n) is 8.91. The fourth-order valence-corrected chi connectivity index (χ4v) is 1.78. The lowest BCUT2D eigenvalue weighted by Gasteiger charge is -2.07. The maximum atomic E-state index is 11.2. The minimum absolute atomic E-state index is 0.0112. The highest BCUT2D eigenvalue weighted by atomic mass is 16.6. The van der Waals surface area contributed by atoms with Crippen molar-refractivity contribution in [3.63, 3.8) is 0 Å². The number of Topliss-reactive ketones (excluding diaryl/α,β-unsaturated/α-hetero) is 1. The quantitative estimate of drug-likeness (QED) is 0.386. The number of hydrogen-bond acceptors (Lipinski definition) is 3. The van der Waals surface area contributed by atoms with Gasteiger partial charge >= 0.3 is 5.97 Å². The van der Waals surface area contributed by atoms with Crippen LogP contribution in [-0.4, -0.2) is 17.9 Å². The predicted molar refractivity (Wildman–Crippen MR) is 52.8 cm³/mol. The zero-order valence-corrected chi connectivity index (χ0v) is 8.91. The molecule has 0 aromatic rings. The van der Waals surface area contributed by atoms with Crippen LogP contribution in [0.25, 0.3) is 0 Å². The number of hydrogen-bond donors (Lipinski definition) is 0. The number of esters is 1. The fourth-order valence-electron chi connectivity index (χ4n) is 1.78. The Hall–Kier alpha value is -0.860. The van der Waals surface area contributed by atoms with Crippen molar-refractivity contribution in [1.82, 2.24) is 0 Å². The van der Waals surface area contributed by atoms with Crippen LogP contribution >= 0.6 is 0 Å². The van der Waals surface area contributed by atoms with Gasteiger partial charge in [0.1, 0.15) is 17.8 Å². The Morgan fingerprint density at radius 1 is 1.50 bits per heavy atom. The fraction of sp³-hybridized carbons (Fsp3) is 0.818. The van der Waals surface area contributed by atoms with Crippen LogP contribution in [0.3, 0.4) is 0 Å². The van der Waals surface area contributed by atoms with Gasteiger partial charge in [-0.3, -0.25) is 9.59 Å². The van der Waals surface area contributed by atoms with Crippen molar-refractivity contribution in [2.75, 3.05) is 0 Å². The smallest absolute Gasteiger partial charge is 0.316 e. The van der Waals surface area contributed by atoms with E-state index in [-0.39, 0.29) is 17.9 Å². The third kappa shape index (κ3) is 2.82. The third-order valence-electron chi connectivity index (χ3n) is 2.69. The summed E-state index contributed by atoms with van der Waals surface area (Å²) in [5, 5.41) is 0. The monoisotopic (exact) mass is 198 g/mol. The molecule has 1 rings (SSSR count). The molecule has 2 unspecified atom stereocenters. The molecule has 1 aliphatic rings. The van der Waals surface area contributed by atoms with E-state index in [2.05, 4.69) is 6.92 Å². The second-order valence-corrected chi connectivity index (χ2v) is 3.95. The lowest BCUT2D eigenvalue weighted by atomic mass is 9.98. The highest BCUT2D eigenvalue weighted by Gasteiger charge is 2.36. The second kappa shape index (κ2) is 5.13. The van der Waals surface area contributed by atoms with Crippen LogP contribution < -0.4 is 0 Å². The predicted octanol–water partition coefficient (Wildman–Crippen LogP) is 2.09. The van der Waals surface area contributed by atoms with Crippen molar-refractivity contribution < 1.29 is 14.3 Å². The van der Waals surface area contributed by atoms with E-state index in [0.29, 0.717) is 6.42 Å². The molecular formula is C11H18O3. The van der Waals surface area contributed by atoms with Gasteiger partial charge in [0.2, 0.25) is 0 Å². The molecule has 0 aromatic carbocycles. The Morgan fingerprint density at radius 3 is 2.71 bits per heavy atom. The maximum Gasteiger partial charge on any atom is 0.316 e. The SMILES string of the molecule is CCCCCC1CC(C(C)=O)C(=O)O1. The second-order valence-electron chi connectivity index (χ2n) is 3.95. The number of rotatable bonds is 5. The molecule has 0 spiro atoms. The van der Waals surface area contributed by atoms with Gasteiger partial charge < -0.3 is 4.74 Å². The first-order valence-corrected chi connectivity index (χ1v) is 5.36. The van der Waals surface area contributed by atoms with Crippen molar-refractivity contribution in [3.05, 3.63) is 0 Å². The first-order chi connectivity index (χ1) is 6.65. The van der Waals surface area contributed by atoms with Crippen molar-refractivity contribution in [3.8, 4) is 0 Å². The van der Waals surface area contributed by atoms with Gasteiger partial charge in [-0.05, 0) is 19.8 Å². The van der Waals surface area contributed by atoms with E-state index < -0.39 is 5.92 Å². The number of carbonyl (C=O) groups is 2. The van der Waals surface area contributed by atoms with Crippen molar-refractivity contribution in [2.45, 2.75) is 52.1 Å². The van der Waals surface area contributed by atoms with E-state index in [9.17, 15) is 9.59 Å². The van der Waals surface area contributed by atoms with Crippen molar-refractivity contribution in [1.29, 1.82) is 0 Å². The van der Waals surface area contributed by atoms with Crippen LogP contribution in [0.5, 0.6) is 0 Å². The summed E-state index contributed by atoms with van der Waals surface area (Å²) in [7, 11) is 0. The molecule has 0 saturated carbocycles. The summed E-state index contributed by atoms with van der Waals surface area (Å²) in [5.74, 6) is -0.867. The Morgan fingerprint density at radius 2 is 2.21 bits per heavy atom. The van der Waals surface area contributed by atoms with Crippen LogP contribution in [0.2, 0.25) is 0 Å². The minimum atomic E-state index is -0.485. The van der Waals surface area contributed by atoms with Crippen LogP contribution in [0.1, 0.15) is 46.0 Å². The lowest BCUT2D eigenvalue weighted by molar-refractivity contribution is -0.146. The van der Waals surface area contributed by atoms with Gasteiger partial charge in [0, 0.05) is 6.42 Å². The normalized spacial score (nSPS) is 26.3. The molecule has 2 atom stereocenters. The zero-order chi connectivity index (χ0) is 10.6. The Labute approximate surface area is 84.8 Å². The van der Waals surface area contributed by atoms with E-state index >= 15 is 0 Å². The topological polar surface area (TPSA) is 43.4 Å². The third-order valence-corrected chi connectivity index (χ3v) is 2.69. The van der Waals surface area contributed by atoms with Gasteiger partial charge in [-0.1, -0.05) is 19.8 Å². The molecule has 0 N–H and O–H groups in total. The minimum Gasteiger partial charge on any atom is -0.462 e. The summed E-state index contributed by atoms with van der Waals surface area (Å²) < 4.78 is 5.12. The largest absolute Gasteiger partial charge is 0.462 e. The van der Waals surface area contributed by atoms with Gasteiger partial charge in [-0.2, -0.15) is 0 Å². The Balaban J connectivity index is 2.31. The number of carbonyl (C=O) groups excluding carboxylic acids is 2. The van der Waals surface area contributed by atoms with Crippen LogP contribution in [-0.2, 0) is 14.3 Å². The van der Waals surface area contributed by atoms with E-state index in [1.54, 1.807) is 0 Å². The van der Waals surface area contributed by atoms with Gasteiger partial charge in [-0.15, -0.1) is 0 Å². The summed E-state index contributed by atoms with van der Waals surface area (Å²) in [6, 6.07) is 0. The van der Waals surface area contributed by atoms with Crippen LogP contribution in [0, 0.1) is 5.92 Å². The maximum absolute atomic E-state index is 11.2. The Kier molecular flexibility index (Phi) is 4.11. The molecule has 1 saturated heterocycles. The van der Waals surface area contributed by atoms with Crippen LogP contribution in [0.4, 0.5) is 0 Å². The van der Waals surface area contributed by atoms with Crippen LogP contribution in [0.15, 0.2) is 0 Å². The number of ketones is 1. The Bertz CT molecular complexity index is 223. The summed E-state index contributed by atoms with van der Waals surface area (Å²) in [6.45, 7) is 3.60. The highest BCUT2D eigenvalue weighted by Crippen LogP contribution is 2.25. The molecule has 1 fully saturated rings. The molecule has 0 radical (unpaired) electrons. The highest BCUT2D eigenvalue weighted by molar-refractivity contribution is 5.98. The summed E-state index contributed by atoms with van der Waals surface area (Å²) >= 11 is 0. The number of ether oxygens (including phenoxy) is 1. The van der Waals surface area contributed by atoms with Gasteiger partial charge in [-0.25, -0.2) is 0 Å². The summed E-state index contributed by atoms with van der Waals surface area (Å²) in [5.41, 5.74) is 0. The molecule has 0 aromatic heterocycles. The molecule has 0 aliphatic carbocycles. The van der Waals surface area contributed by atoms with E-state index in [1.165, 1.54) is 13.3 Å². The molecular weight excluding hydrogens is 180 g/mol. The molecule has 80 valence electrons. The molecule has 0 bridgehead atoms. The molecule has 3 nitrogen and oxygen atoms in total. The molecule has 0 amide bonds. The summed E-state index contributed by atoms with van der Waals surface area (Å²) in [4.78, 5) is 22.2. The van der Waals surface area contributed by atoms with Gasteiger partial charge in [0.25, 0.3) is 0 Å².